The number of hydrogen-bond acceptors (Lipinski definition) is 4. The maximum absolute atomic E-state index is 12.1. The zero-order valence-corrected chi connectivity index (χ0v) is 14.6. The van der Waals surface area contributed by atoms with Crippen LogP contribution in [0.3, 0.4) is 0 Å². The third kappa shape index (κ3) is 2.23. The lowest BCUT2D eigenvalue weighted by atomic mass is 9.76. The SMILES string of the molecule is N#CC1=CCC(C#CC2=CC3CC4(OC(=O)C=C24)C2CCCCN32)C=C1. The number of carbonyl (C=O) groups is 1. The van der Waals surface area contributed by atoms with Crippen molar-refractivity contribution in [3.63, 3.8) is 0 Å². The molecular weight excluding hydrogens is 324 g/mol. The summed E-state index contributed by atoms with van der Waals surface area (Å²) < 4.78 is 5.92. The van der Waals surface area contributed by atoms with Crippen LogP contribution in [0, 0.1) is 29.1 Å². The number of carbonyl (C=O) groups excluding carboxylic acids is 1. The van der Waals surface area contributed by atoms with E-state index in [2.05, 4.69) is 28.9 Å². The molecule has 0 amide bonds. The Morgan fingerprint density at radius 2 is 2.27 bits per heavy atom. The van der Waals surface area contributed by atoms with Crippen molar-refractivity contribution in [1.82, 2.24) is 4.90 Å². The number of rotatable bonds is 0. The summed E-state index contributed by atoms with van der Waals surface area (Å²) in [6.45, 7) is 1.08. The van der Waals surface area contributed by atoms with E-state index in [1.165, 1.54) is 12.8 Å². The van der Waals surface area contributed by atoms with Crippen molar-refractivity contribution in [3.05, 3.63) is 47.1 Å². The molecule has 0 N–H and O–H groups in total. The monoisotopic (exact) mass is 344 g/mol. The van der Waals surface area contributed by atoms with Gasteiger partial charge in [0.05, 0.1) is 12.1 Å². The van der Waals surface area contributed by atoms with E-state index in [1.54, 1.807) is 6.08 Å². The van der Waals surface area contributed by atoms with Gasteiger partial charge in [-0.25, -0.2) is 4.79 Å². The quantitative estimate of drug-likeness (QED) is 0.501. The van der Waals surface area contributed by atoms with E-state index < -0.39 is 5.60 Å². The topological polar surface area (TPSA) is 53.3 Å². The number of nitriles is 1. The molecule has 2 fully saturated rings. The lowest BCUT2D eigenvalue weighted by Crippen LogP contribution is -2.48. The second-order valence-electron chi connectivity index (χ2n) is 7.71. The molecule has 2 aliphatic carbocycles. The van der Waals surface area contributed by atoms with Crippen molar-refractivity contribution in [2.45, 2.75) is 49.8 Å². The van der Waals surface area contributed by atoms with Gasteiger partial charge in [-0.3, -0.25) is 4.90 Å². The van der Waals surface area contributed by atoms with Crippen molar-refractivity contribution < 1.29 is 9.53 Å². The van der Waals surface area contributed by atoms with Gasteiger partial charge in [-0.1, -0.05) is 36.5 Å². The Kier molecular flexibility index (Phi) is 3.45. The molecule has 130 valence electrons. The molecule has 3 heterocycles. The third-order valence-corrected chi connectivity index (χ3v) is 6.29. The fraction of sp³-hybridized carbons (Fsp3) is 0.455. The van der Waals surface area contributed by atoms with Crippen molar-refractivity contribution >= 4 is 5.97 Å². The third-order valence-electron chi connectivity index (χ3n) is 6.29. The molecule has 0 saturated carbocycles. The second-order valence-corrected chi connectivity index (χ2v) is 7.71. The van der Waals surface area contributed by atoms with Gasteiger partial charge in [0, 0.05) is 41.2 Å². The highest BCUT2D eigenvalue weighted by molar-refractivity contribution is 5.90. The van der Waals surface area contributed by atoms with Gasteiger partial charge >= 0.3 is 5.97 Å². The normalized spacial score (nSPS) is 37.3. The van der Waals surface area contributed by atoms with Gasteiger partial charge < -0.3 is 4.74 Å². The summed E-state index contributed by atoms with van der Waals surface area (Å²) in [5, 5.41) is 8.93. The van der Waals surface area contributed by atoms with Gasteiger partial charge in [0.1, 0.15) is 0 Å². The van der Waals surface area contributed by atoms with Crippen LogP contribution in [0.1, 0.15) is 32.1 Å². The Morgan fingerprint density at radius 3 is 3.08 bits per heavy atom. The number of esters is 1. The molecule has 5 aliphatic rings. The Hall–Kier alpha value is -2.56. The minimum absolute atomic E-state index is 0.115. The molecule has 1 spiro atoms. The van der Waals surface area contributed by atoms with Crippen molar-refractivity contribution in [2.24, 2.45) is 5.92 Å². The van der Waals surface area contributed by atoms with Crippen LogP contribution in [0.25, 0.3) is 0 Å². The molecule has 4 heteroatoms. The zero-order chi connectivity index (χ0) is 17.7. The fourth-order valence-corrected chi connectivity index (χ4v) is 5.15. The van der Waals surface area contributed by atoms with E-state index in [0.717, 1.165) is 37.0 Å². The zero-order valence-electron chi connectivity index (χ0n) is 14.6. The van der Waals surface area contributed by atoms with E-state index in [-0.39, 0.29) is 11.9 Å². The molecular formula is C22H20N2O2. The highest BCUT2D eigenvalue weighted by atomic mass is 16.6. The number of piperidine rings is 1. The average Bonchev–Trinajstić information content (AvgIpc) is 3.15. The van der Waals surface area contributed by atoms with Gasteiger partial charge in [0.25, 0.3) is 0 Å². The Balaban J connectivity index is 1.48. The smallest absolute Gasteiger partial charge is 0.332 e. The molecule has 2 bridgehead atoms. The highest BCUT2D eigenvalue weighted by Crippen LogP contribution is 2.53. The van der Waals surface area contributed by atoms with Crippen LogP contribution < -0.4 is 0 Å². The van der Waals surface area contributed by atoms with Gasteiger partial charge in [0.2, 0.25) is 0 Å². The van der Waals surface area contributed by atoms with Crippen molar-refractivity contribution in [1.29, 1.82) is 5.26 Å². The van der Waals surface area contributed by atoms with Crippen LogP contribution in [0.15, 0.2) is 47.1 Å². The summed E-state index contributed by atoms with van der Waals surface area (Å²) in [5.41, 5.74) is 2.18. The maximum atomic E-state index is 12.1. The fourth-order valence-electron chi connectivity index (χ4n) is 5.15. The van der Waals surface area contributed by atoms with Crippen LogP contribution in [0.2, 0.25) is 0 Å². The first-order valence-corrected chi connectivity index (χ1v) is 9.43. The molecule has 0 radical (unpaired) electrons. The van der Waals surface area contributed by atoms with E-state index in [0.29, 0.717) is 17.7 Å². The molecule has 4 unspecified atom stereocenters. The highest BCUT2D eigenvalue weighted by Gasteiger charge is 2.61. The Morgan fingerprint density at radius 1 is 1.35 bits per heavy atom. The summed E-state index contributed by atoms with van der Waals surface area (Å²) >= 11 is 0. The summed E-state index contributed by atoms with van der Waals surface area (Å²) in [6, 6.07) is 2.77. The molecule has 0 aromatic heterocycles. The first-order chi connectivity index (χ1) is 12.7. The first-order valence-electron chi connectivity index (χ1n) is 9.43. The van der Waals surface area contributed by atoms with Crippen LogP contribution in [0.4, 0.5) is 0 Å². The van der Waals surface area contributed by atoms with Crippen LogP contribution in [-0.4, -0.2) is 35.1 Å². The minimum Gasteiger partial charge on any atom is -0.449 e. The van der Waals surface area contributed by atoms with E-state index in [4.69, 9.17) is 10.00 Å². The number of ether oxygens (including phenoxy) is 1. The summed E-state index contributed by atoms with van der Waals surface area (Å²) in [4.78, 5) is 14.7. The maximum Gasteiger partial charge on any atom is 0.332 e. The minimum atomic E-state index is -0.475. The number of nitrogens with zero attached hydrogens (tertiary/aromatic N) is 2. The first kappa shape index (κ1) is 15.7. The number of fused-ring (bicyclic) bond motifs is 3. The van der Waals surface area contributed by atoms with Crippen molar-refractivity contribution in [2.75, 3.05) is 6.54 Å². The summed E-state index contributed by atoms with van der Waals surface area (Å²) in [5.74, 6) is 6.56. The molecule has 0 aromatic rings. The van der Waals surface area contributed by atoms with Gasteiger partial charge in [-0.2, -0.15) is 5.26 Å². The molecule has 2 saturated heterocycles. The average molecular weight is 344 g/mol. The molecule has 4 atom stereocenters. The van der Waals surface area contributed by atoms with Gasteiger partial charge in [-0.15, -0.1) is 0 Å². The molecule has 5 rings (SSSR count). The van der Waals surface area contributed by atoms with E-state index in [9.17, 15) is 4.79 Å². The second kappa shape index (κ2) is 5.73. The molecule has 26 heavy (non-hydrogen) atoms. The largest absolute Gasteiger partial charge is 0.449 e. The van der Waals surface area contributed by atoms with Crippen LogP contribution in [-0.2, 0) is 9.53 Å². The van der Waals surface area contributed by atoms with Crippen molar-refractivity contribution in [3.8, 4) is 17.9 Å². The Bertz CT molecular complexity index is 905. The van der Waals surface area contributed by atoms with Crippen LogP contribution in [0.5, 0.6) is 0 Å². The van der Waals surface area contributed by atoms with E-state index in [1.807, 2.05) is 18.2 Å². The van der Waals surface area contributed by atoms with Gasteiger partial charge in [0.15, 0.2) is 5.60 Å². The van der Waals surface area contributed by atoms with Gasteiger partial charge in [-0.05, 0) is 31.9 Å². The number of hydrogen-bond donors (Lipinski definition) is 0. The standard InChI is InChI=1S/C22H20N2O2/c23-14-16-6-4-15(5-7-16)8-9-17-11-18-13-22(19(17)12-21(25)26-22)20-3-1-2-10-24(18)20/h4,6-7,11-12,15,18,20H,1-3,5,10,13H2. The predicted octanol–water partition coefficient (Wildman–Crippen LogP) is 2.80. The molecule has 4 nitrogen and oxygen atoms in total. The predicted molar refractivity (Wildman–Crippen MR) is 96.5 cm³/mol. The lowest BCUT2D eigenvalue weighted by molar-refractivity contribution is -0.148. The van der Waals surface area contributed by atoms with Crippen LogP contribution >= 0.6 is 0 Å². The van der Waals surface area contributed by atoms with E-state index >= 15 is 0 Å². The summed E-state index contributed by atoms with van der Waals surface area (Å²) in [6.07, 6.45) is 14.8. The molecule has 3 aliphatic heterocycles. The molecule has 0 aromatic carbocycles. The number of allylic oxidation sites excluding steroid dienone is 4. The Labute approximate surface area is 153 Å². The summed E-state index contributed by atoms with van der Waals surface area (Å²) in [7, 11) is 0. The lowest BCUT2D eigenvalue weighted by Gasteiger charge is -2.38.